The molecule has 0 aliphatic carbocycles. The van der Waals surface area contributed by atoms with Gasteiger partial charge in [0.25, 0.3) is 0 Å². The lowest BCUT2D eigenvalue weighted by Gasteiger charge is -2.31. The number of hydrogen-bond donors (Lipinski definition) is 1. The van der Waals surface area contributed by atoms with E-state index in [1.165, 1.54) is 25.3 Å². The Labute approximate surface area is 266 Å². The summed E-state index contributed by atoms with van der Waals surface area (Å²) in [4.78, 5) is 24.6. The van der Waals surface area contributed by atoms with Crippen LogP contribution in [-0.2, 0) is 9.53 Å². The number of benzene rings is 2. The largest absolute Gasteiger partial charge is 0.469 e. The molecule has 14 heteroatoms. The first kappa shape index (κ1) is 31.1. The number of nitrogen functional groups attached to an aromatic ring is 1. The van der Waals surface area contributed by atoms with Gasteiger partial charge >= 0.3 is 12.0 Å². The summed E-state index contributed by atoms with van der Waals surface area (Å²) in [6.45, 7) is 1.61. The second-order valence-electron chi connectivity index (χ2n) is 11.5. The van der Waals surface area contributed by atoms with Crippen molar-refractivity contribution in [2.75, 3.05) is 51.0 Å². The molecule has 0 saturated carbocycles. The van der Waals surface area contributed by atoms with Crippen molar-refractivity contribution < 1.29 is 27.4 Å². The number of carbonyl (C=O) groups is 1. The zero-order chi connectivity index (χ0) is 32.0. The van der Waals surface area contributed by atoms with Crippen LogP contribution >= 0.6 is 22.9 Å². The topological polar surface area (TPSA) is 118 Å². The van der Waals surface area contributed by atoms with Crippen molar-refractivity contribution in [2.45, 2.75) is 43.8 Å². The molecule has 0 unspecified atom stereocenters. The molecule has 45 heavy (non-hydrogen) atoms. The zero-order valence-corrected chi connectivity index (χ0v) is 26.2. The van der Waals surface area contributed by atoms with Crippen LogP contribution < -0.4 is 15.4 Å². The molecule has 236 valence electrons. The van der Waals surface area contributed by atoms with Gasteiger partial charge in [0.05, 0.1) is 27.9 Å². The van der Waals surface area contributed by atoms with E-state index >= 15 is 4.39 Å². The van der Waals surface area contributed by atoms with Gasteiger partial charge in [-0.25, -0.2) is 13.2 Å². The Bertz CT molecular complexity index is 1870. The van der Waals surface area contributed by atoms with E-state index in [1.54, 1.807) is 11.9 Å². The molecule has 0 spiro atoms. The van der Waals surface area contributed by atoms with E-state index in [-0.39, 0.29) is 72.7 Å². The van der Waals surface area contributed by atoms with Crippen molar-refractivity contribution >= 4 is 60.7 Å². The Morgan fingerprint density at radius 3 is 2.91 bits per heavy atom. The van der Waals surface area contributed by atoms with Crippen LogP contribution in [0.15, 0.2) is 18.2 Å². The van der Waals surface area contributed by atoms with Gasteiger partial charge in [-0.3, -0.25) is 9.69 Å². The molecule has 2 aliphatic heterocycles. The molecule has 2 saturated heterocycles. The van der Waals surface area contributed by atoms with Gasteiger partial charge in [-0.1, -0.05) is 17.7 Å². The van der Waals surface area contributed by atoms with Gasteiger partial charge in [-0.2, -0.15) is 15.2 Å². The summed E-state index contributed by atoms with van der Waals surface area (Å²) in [6.07, 6.45) is 1.66. The van der Waals surface area contributed by atoms with E-state index in [0.717, 1.165) is 30.7 Å². The Balaban J connectivity index is 1.48. The number of nitriles is 1. The van der Waals surface area contributed by atoms with Crippen LogP contribution in [0.25, 0.3) is 32.1 Å². The van der Waals surface area contributed by atoms with Crippen LogP contribution in [0.3, 0.4) is 0 Å². The first-order valence-corrected chi connectivity index (χ1v) is 15.7. The summed E-state index contributed by atoms with van der Waals surface area (Å²) in [6, 6.07) is 5.95. The Morgan fingerprint density at radius 1 is 1.36 bits per heavy atom. The number of alkyl halides is 1. The number of nitrogens with two attached hydrogens (primary N) is 1. The van der Waals surface area contributed by atoms with Gasteiger partial charge < -0.3 is 20.1 Å². The maximum atomic E-state index is 16.7. The molecule has 4 aromatic rings. The first-order chi connectivity index (χ1) is 21.6. The summed E-state index contributed by atoms with van der Waals surface area (Å²) >= 11 is 7.63. The quantitative estimate of drug-likeness (QED) is 0.209. The number of hydrogen-bond acceptors (Lipinski definition) is 10. The first-order valence-electron chi connectivity index (χ1n) is 14.5. The number of halogens is 4. The maximum absolute atomic E-state index is 16.7. The average molecular weight is 659 g/mol. The summed E-state index contributed by atoms with van der Waals surface area (Å²) in [5.41, 5.74) is 5.57. The highest BCUT2D eigenvalue weighted by Crippen LogP contribution is 2.46. The van der Waals surface area contributed by atoms with Crippen LogP contribution in [0.4, 0.5) is 24.0 Å². The molecule has 9 nitrogen and oxygen atoms in total. The van der Waals surface area contributed by atoms with Gasteiger partial charge in [0.15, 0.2) is 5.82 Å². The standard InChI is InChI=1S/C31H30ClF3N6O3S/c1-40(9-3-5-22(42)43-2)29-18-11-20(32)24(17-6-7-21(34)27-23(17)19(13-36)28(37)45-27)25(35)26(18)38-30(39-29)44-15-31-8-4-10-41(31)14-16(33)12-31/h6-7,11,16H,3-5,8-10,12,14-15,37H2,1-2H3/t16-,31+/m1/s1. The highest BCUT2D eigenvalue weighted by atomic mass is 35.5. The van der Waals surface area contributed by atoms with E-state index in [4.69, 9.17) is 26.8 Å². The van der Waals surface area contributed by atoms with Crippen LogP contribution in [0.1, 0.15) is 37.7 Å². The molecular weight excluding hydrogens is 629 g/mol. The number of esters is 1. The number of thiophene rings is 1. The van der Waals surface area contributed by atoms with Crippen molar-refractivity contribution in [1.82, 2.24) is 14.9 Å². The van der Waals surface area contributed by atoms with Gasteiger partial charge in [-0.05, 0) is 43.5 Å². The van der Waals surface area contributed by atoms with Crippen LogP contribution in [0.2, 0.25) is 5.02 Å². The minimum absolute atomic E-state index is 0.0107. The third-order valence-electron chi connectivity index (χ3n) is 8.74. The second-order valence-corrected chi connectivity index (χ2v) is 13.0. The summed E-state index contributed by atoms with van der Waals surface area (Å²) < 4.78 is 56.9. The van der Waals surface area contributed by atoms with Gasteiger partial charge in [0, 0.05) is 49.3 Å². The molecule has 2 atom stereocenters. The van der Waals surface area contributed by atoms with Crippen LogP contribution in [0, 0.1) is 23.0 Å². The third-order valence-corrected chi connectivity index (χ3v) is 10.1. The molecule has 2 aliphatic rings. The summed E-state index contributed by atoms with van der Waals surface area (Å²) in [7, 11) is 3.05. The number of fused-ring (bicyclic) bond motifs is 3. The molecule has 2 aromatic carbocycles. The normalized spacial score (nSPS) is 19.6. The Morgan fingerprint density at radius 2 is 2.16 bits per heavy atom. The smallest absolute Gasteiger partial charge is 0.319 e. The number of carbonyl (C=O) groups excluding carboxylic acids is 1. The zero-order valence-electron chi connectivity index (χ0n) is 24.6. The van der Waals surface area contributed by atoms with Crippen LogP contribution in [0.5, 0.6) is 6.01 Å². The molecule has 2 fully saturated rings. The highest BCUT2D eigenvalue weighted by molar-refractivity contribution is 7.23. The maximum Gasteiger partial charge on any atom is 0.319 e. The molecule has 0 radical (unpaired) electrons. The van der Waals surface area contributed by atoms with Crippen LogP contribution in [-0.4, -0.2) is 72.9 Å². The predicted octanol–water partition coefficient (Wildman–Crippen LogP) is 6.24. The van der Waals surface area contributed by atoms with Gasteiger partial charge in [0.1, 0.15) is 41.0 Å². The molecule has 0 bridgehead atoms. The minimum atomic E-state index is -0.956. The number of methoxy groups -OCH3 is 1. The lowest BCUT2D eigenvalue weighted by atomic mass is 9.95. The van der Waals surface area contributed by atoms with E-state index in [1.807, 2.05) is 6.07 Å². The number of aromatic nitrogens is 2. The minimum Gasteiger partial charge on any atom is -0.469 e. The van der Waals surface area contributed by atoms with Crippen molar-refractivity contribution in [3.05, 3.63) is 40.4 Å². The van der Waals surface area contributed by atoms with Crippen molar-refractivity contribution in [1.29, 1.82) is 5.26 Å². The fraction of sp³-hybridized carbons (Fsp3) is 0.419. The van der Waals surface area contributed by atoms with E-state index in [9.17, 15) is 18.8 Å². The number of anilines is 2. The molecule has 0 amide bonds. The van der Waals surface area contributed by atoms with E-state index in [0.29, 0.717) is 31.7 Å². The Kier molecular flexibility index (Phi) is 8.41. The average Bonchev–Trinajstić information content (AvgIpc) is 3.66. The van der Waals surface area contributed by atoms with Crippen molar-refractivity contribution in [3.63, 3.8) is 0 Å². The lowest BCUT2D eigenvalue weighted by molar-refractivity contribution is -0.140. The SMILES string of the molecule is COC(=O)CCCN(C)c1nc(OC[C@@]23CCCN2C[C@H](F)C3)nc2c(F)c(-c3ccc(F)c4sc(N)c(C#N)c34)c(Cl)cc12. The number of ether oxygens (including phenoxy) is 2. The highest BCUT2D eigenvalue weighted by Gasteiger charge is 2.49. The Hall–Kier alpha value is -3.86. The number of rotatable bonds is 9. The van der Waals surface area contributed by atoms with Gasteiger partial charge in [-0.15, -0.1) is 11.3 Å². The molecule has 2 N–H and O–H groups in total. The van der Waals surface area contributed by atoms with Crippen molar-refractivity contribution in [2.24, 2.45) is 0 Å². The second kappa shape index (κ2) is 12.2. The molecule has 2 aromatic heterocycles. The summed E-state index contributed by atoms with van der Waals surface area (Å²) in [5, 5.41) is 10.3. The third kappa shape index (κ3) is 5.49. The lowest BCUT2D eigenvalue weighted by Crippen LogP contribution is -2.43. The molecule has 6 rings (SSSR count). The number of nitrogens with zero attached hydrogens (tertiary/aromatic N) is 5. The van der Waals surface area contributed by atoms with Gasteiger partial charge in [0.2, 0.25) is 0 Å². The molecular formula is C31H30ClF3N6O3S. The fourth-order valence-electron chi connectivity index (χ4n) is 6.59. The fourth-order valence-corrected chi connectivity index (χ4v) is 7.83. The van der Waals surface area contributed by atoms with E-state index in [2.05, 4.69) is 14.9 Å². The van der Waals surface area contributed by atoms with E-state index < -0.39 is 23.3 Å². The summed E-state index contributed by atoms with van der Waals surface area (Å²) in [5.74, 6) is -1.47. The van der Waals surface area contributed by atoms with Crippen molar-refractivity contribution in [3.8, 4) is 23.2 Å². The predicted molar refractivity (Wildman–Crippen MR) is 167 cm³/mol. The monoisotopic (exact) mass is 658 g/mol. The molecule has 4 heterocycles.